The molecule has 0 saturated carbocycles. The Morgan fingerprint density at radius 3 is 2.37 bits per heavy atom. The van der Waals surface area contributed by atoms with Gasteiger partial charge in [-0.3, -0.25) is 0 Å². The van der Waals surface area contributed by atoms with Gasteiger partial charge in [0.2, 0.25) is 17.8 Å². The molecule has 10 nitrogen and oxygen atoms in total. The first-order valence-corrected chi connectivity index (χ1v) is 9.96. The third kappa shape index (κ3) is 3.49. The van der Waals surface area contributed by atoms with E-state index in [0.717, 1.165) is 12.8 Å². The lowest BCUT2D eigenvalue weighted by Gasteiger charge is -2.35. The zero-order chi connectivity index (χ0) is 20.7. The summed E-state index contributed by atoms with van der Waals surface area (Å²) in [6.07, 6.45) is 0.370. The summed E-state index contributed by atoms with van der Waals surface area (Å²) >= 11 is 0. The van der Waals surface area contributed by atoms with E-state index >= 15 is 0 Å². The molecule has 3 fully saturated rings. The molecule has 160 valence electrons. The van der Waals surface area contributed by atoms with Gasteiger partial charge in [0.25, 0.3) is 6.43 Å². The minimum atomic E-state index is -2.84. The second-order valence-corrected chi connectivity index (χ2v) is 7.52. The Hall–Kier alpha value is -2.73. The second kappa shape index (κ2) is 7.84. The van der Waals surface area contributed by atoms with Gasteiger partial charge in [-0.25, -0.2) is 18.7 Å². The summed E-state index contributed by atoms with van der Waals surface area (Å²) in [7, 11) is 0. The second-order valence-electron chi connectivity index (χ2n) is 7.52. The Morgan fingerprint density at radius 2 is 1.67 bits per heavy atom. The summed E-state index contributed by atoms with van der Waals surface area (Å²) in [5.41, 5.74) is 5.09. The standard InChI is InChI=1S/C18H22F2N8O2/c19-14(20)13-12(7-22-16(21)23-13)15-24-17(27-3-5-29-6-4-27)26-18(25-15)28-10-1-2-11(28)9-30-8-10/h7,10-11,14H,1-6,8-9H2,(H2,21,22,23). The van der Waals surface area contributed by atoms with Crippen molar-refractivity contribution in [1.29, 1.82) is 0 Å². The third-order valence-corrected chi connectivity index (χ3v) is 5.66. The van der Waals surface area contributed by atoms with Crippen LogP contribution in [0.15, 0.2) is 6.20 Å². The van der Waals surface area contributed by atoms with E-state index in [2.05, 4.69) is 24.8 Å². The Kier molecular flexibility index (Phi) is 5.03. The van der Waals surface area contributed by atoms with E-state index in [1.807, 2.05) is 4.90 Å². The molecule has 3 aliphatic heterocycles. The van der Waals surface area contributed by atoms with Crippen molar-refractivity contribution in [2.45, 2.75) is 31.4 Å². The molecule has 2 aromatic heterocycles. The monoisotopic (exact) mass is 420 g/mol. The number of halogens is 2. The Balaban J connectivity index is 1.62. The molecule has 0 radical (unpaired) electrons. The molecule has 0 spiro atoms. The summed E-state index contributed by atoms with van der Waals surface area (Å²) in [4.78, 5) is 25.5. The van der Waals surface area contributed by atoms with Crippen molar-refractivity contribution in [3.63, 3.8) is 0 Å². The number of nitrogens with two attached hydrogens (primary N) is 1. The van der Waals surface area contributed by atoms with Gasteiger partial charge in [-0.15, -0.1) is 0 Å². The fraction of sp³-hybridized carbons (Fsp3) is 0.611. The fourth-order valence-corrected chi connectivity index (χ4v) is 4.20. The van der Waals surface area contributed by atoms with Crippen molar-refractivity contribution in [3.05, 3.63) is 11.9 Å². The Labute approximate surface area is 171 Å². The van der Waals surface area contributed by atoms with Crippen molar-refractivity contribution in [2.75, 3.05) is 55.1 Å². The van der Waals surface area contributed by atoms with E-state index in [0.29, 0.717) is 51.4 Å². The number of alkyl halides is 2. The molecule has 2 aromatic rings. The SMILES string of the molecule is Nc1ncc(-c2nc(N3CCOCC3)nc(N3C4CCC3COC4)n2)c(C(F)F)n1. The van der Waals surface area contributed by atoms with Crippen LogP contribution in [-0.2, 0) is 9.47 Å². The number of nitrogen functional groups attached to an aromatic ring is 1. The molecule has 0 aliphatic carbocycles. The molecule has 2 bridgehead atoms. The molecule has 5 heterocycles. The smallest absolute Gasteiger partial charge is 0.281 e. The van der Waals surface area contributed by atoms with Gasteiger partial charge in [-0.05, 0) is 12.8 Å². The predicted molar refractivity (Wildman–Crippen MR) is 103 cm³/mol. The first kappa shape index (κ1) is 19.2. The maximum atomic E-state index is 13.7. The van der Waals surface area contributed by atoms with Gasteiger partial charge in [0.05, 0.1) is 44.1 Å². The van der Waals surface area contributed by atoms with Crippen LogP contribution < -0.4 is 15.5 Å². The fourth-order valence-electron chi connectivity index (χ4n) is 4.20. The van der Waals surface area contributed by atoms with Crippen LogP contribution in [0.3, 0.4) is 0 Å². The highest BCUT2D eigenvalue weighted by atomic mass is 19.3. The predicted octanol–water partition coefficient (Wildman–Crippen LogP) is 1.05. The van der Waals surface area contributed by atoms with Gasteiger partial charge in [0, 0.05) is 19.3 Å². The zero-order valence-electron chi connectivity index (χ0n) is 16.2. The molecule has 3 saturated heterocycles. The number of nitrogens with zero attached hydrogens (tertiary/aromatic N) is 7. The summed E-state index contributed by atoms with van der Waals surface area (Å²) in [5, 5.41) is 0. The van der Waals surface area contributed by atoms with E-state index in [1.165, 1.54) is 6.20 Å². The summed E-state index contributed by atoms with van der Waals surface area (Å²) < 4.78 is 38.4. The number of hydrogen-bond acceptors (Lipinski definition) is 10. The number of fused-ring (bicyclic) bond motifs is 2. The van der Waals surface area contributed by atoms with Gasteiger partial charge in [0.15, 0.2) is 5.82 Å². The lowest BCUT2D eigenvalue weighted by Crippen LogP contribution is -2.47. The average molecular weight is 420 g/mol. The summed E-state index contributed by atoms with van der Waals surface area (Å²) in [6, 6.07) is 0.322. The van der Waals surface area contributed by atoms with Crippen LogP contribution in [0.25, 0.3) is 11.4 Å². The van der Waals surface area contributed by atoms with Crippen LogP contribution in [0.2, 0.25) is 0 Å². The molecule has 2 N–H and O–H groups in total. The molecule has 0 amide bonds. The minimum absolute atomic E-state index is 0.0537. The van der Waals surface area contributed by atoms with Crippen molar-refractivity contribution in [2.24, 2.45) is 0 Å². The third-order valence-electron chi connectivity index (χ3n) is 5.66. The van der Waals surface area contributed by atoms with E-state index in [4.69, 9.17) is 20.2 Å². The Morgan fingerprint density at radius 1 is 0.967 bits per heavy atom. The van der Waals surface area contributed by atoms with Crippen LogP contribution in [-0.4, -0.2) is 76.5 Å². The van der Waals surface area contributed by atoms with Gasteiger partial charge in [0.1, 0.15) is 5.69 Å². The number of hydrogen-bond donors (Lipinski definition) is 1. The summed E-state index contributed by atoms with van der Waals surface area (Å²) in [5.74, 6) is 0.793. The Bertz CT molecular complexity index is 911. The van der Waals surface area contributed by atoms with Crippen LogP contribution in [0, 0.1) is 0 Å². The highest BCUT2D eigenvalue weighted by Gasteiger charge is 2.39. The maximum Gasteiger partial charge on any atom is 0.281 e. The quantitative estimate of drug-likeness (QED) is 0.769. The molecule has 30 heavy (non-hydrogen) atoms. The molecule has 12 heteroatoms. The number of rotatable bonds is 4. The largest absolute Gasteiger partial charge is 0.378 e. The van der Waals surface area contributed by atoms with Crippen molar-refractivity contribution >= 4 is 17.8 Å². The normalized spacial score (nSPS) is 24.0. The van der Waals surface area contributed by atoms with Gasteiger partial charge in [-0.2, -0.15) is 15.0 Å². The number of anilines is 3. The molecule has 2 unspecified atom stereocenters. The van der Waals surface area contributed by atoms with E-state index in [9.17, 15) is 8.78 Å². The number of morpholine rings is 2. The highest BCUT2D eigenvalue weighted by Crippen LogP contribution is 2.35. The van der Waals surface area contributed by atoms with Gasteiger partial charge >= 0.3 is 0 Å². The van der Waals surface area contributed by atoms with Crippen molar-refractivity contribution in [3.8, 4) is 11.4 Å². The van der Waals surface area contributed by atoms with E-state index in [-0.39, 0.29) is 29.4 Å². The molecular weight excluding hydrogens is 398 g/mol. The summed E-state index contributed by atoms with van der Waals surface area (Å²) in [6.45, 7) is 3.51. The van der Waals surface area contributed by atoms with Gasteiger partial charge in [-0.1, -0.05) is 0 Å². The zero-order valence-corrected chi connectivity index (χ0v) is 16.2. The lowest BCUT2D eigenvalue weighted by molar-refractivity contribution is 0.0897. The first-order valence-electron chi connectivity index (χ1n) is 9.96. The van der Waals surface area contributed by atoms with Crippen molar-refractivity contribution < 1.29 is 18.3 Å². The molecule has 2 atom stereocenters. The highest BCUT2D eigenvalue weighted by molar-refractivity contribution is 5.62. The van der Waals surface area contributed by atoms with Crippen LogP contribution in [0.1, 0.15) is 25.0 Å². The number of ether oxygens (including phenoxy) is 2. The van der Waals surface area contributed by atoms with Crippen LogP contribution >= 0.6 is 0 Å². The van der Waals surface area contributed by atoms with E-state index in [1.54, 1.807) is 0 Å². The molecule has 5 rings (SSSR count). The molecule has 3 aliphatic rings. The van der Waals surface area contributed by atoms with Crippen LogP contribution in [0.5, 0.6) is 0 Å². The maximum absolute atomic E-state index is 13.7. The van der Waals surface area contributed by atoms with Crippen LogP contribution in [0.4, 0.5) is 26.6 Å². The first-order chi connectivity index (χ1) is 14.6. The molecule has 0 aromatic carbocycles. The minimum Gasteiger partial charge on any atom is -0.378 e. The lowest BCUT2D eigenvalue weighted by atomic mass is 10.2. The topological polar surface area (TPSA) is 115 Å². The average Bonchev–Trinajstić information content (AvgIpc) is 3.02. The van der Waals surface area contributed by atoms with Crippen molar-refractivity contribution in [1.82, 2.24) is 24.9 Å². The van der Waals surface area contributed by atoms with E-state index < -0.39 is 12.1 Å². The number of aromatic nitrogens is 5. The molecular formula is C18H22F2N8O2. The van der Waals surface area contributed by atoms with Gasteiger partial charge < -0.3 is 25.0 Å².